The molecule has 1 unspecified atom stereocenters. The van der Waals surface area contributed by atoms with E-state index >= 15 is 0 Å². The zero-order chi connectivity index (χ0) is 22.8. The highest BCUT2D eigenvalue weighted by Gasteiger charge is 2.39. The Hall–Kier alpha value is -1.99. The lowest BCUT2D eigenvalue weighted by Crippen LogP contribution is -2.58. The Morgan fingerprint density at radius 1 is 1.09 bits per heavy atom. The van der Waals surface area contributed by atoms with E-state index in [4.69, 9.17) is 14.5 Å². The van der Waals surface area contributed by atoms with Gasteiger partial charge in [0.25, 0.3) is 0 Å². The Morgan fingerprint density at radius 3 is 2.50 bits per heavy atom. The van der Waals surface area contributed by atoms with Crippen molar-refractivity contribution in [2.45, 2.75) is 57.6 Å². The van der Waals surface area contributed by atoms with Crippen molar-refractivity contribution in [1.82, 2.24) is 20.4 Å². The number of nitrogens with one attached hydrogen (secondary N) is 2. The van der Waals surface area contributed by atoms with Crippen LogP contribution in [0.3, 0.4) is 0 Å². The fourth-order valence-corrected chi connectivity index (χ4v) is 4.73. The topological polar surface area (TPSA) is 61.4 Å². The lowest BCUT2D eigenvalue weighted by atomic mass is 9.84. The number of piperidine rings is 2. The summed E-state index contributed by atoms with van der Waals surface area (Å²) in [6.45, 7) is 11.3. The summed E-state index contributed by atoms with van der Waals surface area (Å²) in [5, 5.41) is 6.91. The smallest absolute Gasteiger partial charge is 0.191 e. The molecule has 0 saturated carbocycles. The molecule has 2 aliphatic heterocycles. The molecule has 0 amide bonds. The number of aliphatic imine (C=N–C) groups is 1. The molecule has 0 radical (unpaired) electrons. The number of benzene rings is 1. The molecule has 2 fully saturated rings. The number of hydrogen-bond donors (Lipinski definition) is 2. The lowest BCUT2D eigenvalue weighted by molar-refractivity contribution is 0.0208. The van der Waals surface area contributed by atoms with Crippen molar-refractivity contribution in [3.63, 3.8) is 0 Å². The van der Waals surface area contributed by atoms with E-state index < -0.39 is 0 Å². The second-order valence-corrected chi connectivity index (χ2v) is 9.26. The molecule has 2 saturated heterocycles. The third kappa shape index (κ3) is 7.01. The van der Waals surface area contributed by atoms with Crippen LogP contribution in [0.5, 0.6) is 11.5 Å². The summed E-state index contributed by atoms with van der Waals surface area (Å²) in [4.78, 5) is 10.3. The van der Waals surface area contributed by atoms with E-state index in [2.05, 4.69) is 41.3 Å². The van der Waals surface area contributed by atoms with Crippen LogP contribution in [0.1, 0.15) is 46.0 Å². The number of nitrogens with zero attached hydrogens (tertiary/aromatic N) is 3. The van der Waals surface area contributed by atoms with Crippen LogP contribution in [0.15, 0.2) is 29.3 Å². The fourth-order valence-electron chi connectivity index (χ4n) is 4.73. The molecule has 3 rings (SSSR count). The van der Waals surface area contributed by atoms with E-state index in [9.17, 15) is 0 Å². The molecule has 2 N–H and O–H groups in total. The van der Waals surface area contributed by atoms with Gasteiger partial charge in [0.1, 0.15) is 17.6 Å². The molecule has 2 heterocycles. The van der Waals surface area contributed by atoms with Gasteiger partial charge in [0.15, 0.2) is 5.96 Å². The molecule has 180 valence electrons. The number of hydrogen-bond acceptors (Lipinski definition) is 5. The van der Waals surface area contributed by atoms with Crippen LogP contribution in [0.4, 0.5) is 0 Å². The minimum atomic E-state index is 0.00495. The van der Waals surface area contributed by atoms with Gasteiger partial charge in [-0.1, -0.05) is 12.5 Å². The summed E-state index contributed by atoms with van der Waals surface area (Å²) >= 11 is 0. The molecule has 0 aromatic heterocycles. The minimum Gasteiger partial charge on any atom is -0.497 e. The minimum absolute atomic E-state index is 0.00495. The molecule has 0 spiro atoms. The first-order valence-corrected chi connectivity index (χ1v) is 12.3. The molecular weight excluding hydrogens is 402 g/mol. The van der Waals surface area contributed by atoms with Crippen LogP contribution in [-0.2, 0) is 0 Å². The Bertz CT molecular complexity index is 712. The summed E-state index contributed by atoms with van der Waals surface area (Å²) in [6, 6.07) is 7.74. The van der Waals surface area contributed by atoms with Crippen molar-refractivity contribution < 1.29 is 9.47 Å². The summed E-state index contributed by atoms with van der Waals surface area (Å²) in [6.07, 6.45) is 6.40. The van der Waals surface area contributed by atoms with Gasteiger partial charge in [-0.25, -0.2) is 0 Å². The Morgan fingerprint density at radius 2 is 1.81 bits per heavy atom. The zero-order valence-electron chi connectivity index (χ0n) is 20.5. The van der Waals surface area contributed by atoms with Gasteiger partial charge in [-0.3, -0.25) is 9.89 Å². The summed E-state index contributed by atoms with van der Waals surface area (Å²) in [7, 11) is 3.91. The molecule has 2 aliphatic rings. The molecule has 1 atom stereocenters. The van der Waals surface area contributed by atoms with Gasteiger partial charge in [0.05, 0.1) is 20.2 Å². The lowest BCUT2D eigenvalue weighted by Gasteiger charge is -2.49. The molecule has 0 bridgehead atoms. The van der Waals surface area contributed by atoms with Crippen molar-refractivity contribution in [2.75, 3.05) is 60.0 Å². The number of rotatable bonds is 9. The van der Waals surface area contributed by atoms with Gasteiger partial charge >= 0.3 is 0 Å². The highest BCUT2D eigenvalue weighted by molar-refractivity contribution is 5.79. The van der Waals surface area contributed by atoms with Crippen molar-refractivity contribution in [2.24, 2.45) is 4.99 Å². The molecule has 7 nitrogen and oxygen atoms in total. The Kier molecular flexibility index (Phi) is 9.48. The summed E-state index contributed by atoms with van der Waals surface area (Å²) < 4.78 is 11.4. The molecule has 1 aromatic rings. The average Bonchev–Trinajstić information content (AvgIpc) is 2.83. The van der Waals surface area contributed by atoms with E-state index in [0.29, 0.717) is 6.54 Å². The van der Waals surface area contributed by atoms with Gasteiger partial charge in [0.2, 0.25) is 0 Å². The summed E-state index contributed by atoms with van der Waals surface area (Å²) in [5.74, 6) is 2.50. The van der Waals surface area contributed by atoms with Crippen LogP contribution in [0.25, 0.3) is 0 Å². The maximum absolute atomic E-state index is 6.07. The normalized spacial score (nSPS) is 21.1. The molecule has 1 aromatic carbocycles. The van der Waals surface area contributed by atoms with E-state index in [1.807, 2.05) is 24.3 Å². The van der Waals surface area contributed by atoms with Crippen LogP contribution in [0, 0.1) is 0 Å². The second-order valence-electron chi connectivity index (χ2n) is 9.26. The van der Waals surface area contributed by atoms with Gasteiger partial charge < -0.3 is 25.0 Å². The van der Waals surface area contributed by atoms with Crippen molar-refractivity contribution in [1.29, 1.82) is 0 Å². The molecular formula is C25H43N5O2. The number of guanidine groups is 1. The largest absolute Gasteiger partial charge is 0.497 e. The first kappa shape index (κ1) is 24.6. The average molecular weight is 446 g/mol. The van der Waals surface area contributed by atoms with E-state index in [0.717, 1.165) is 43.6 Å². The van der Waals surface area contributed by atoms with Crippen molar-refractivity contribution >= 4 is 5.96 Å². The third-order valence-electron chi connectivity index (χ3n) is 6.76. The Labute approximate surface area is 194 Å². The summed E-state index contributed by atoms with van der Waals surface area (Å²) in [5.41, 5.74) is 0.192. The number of methoxy groups -OCH3 is 1. The fraction of sp³-hybridized carbons (Fsp3) is 0.720. The molecule has 0 aliphatic carbocycles. The zero-order valence-corrected chi connectivity index (χ0v) is 20.5. The molecule has 32 heavy (non-hydrogen) atoms. The third-order valence-corrected chi connectivity index (χ3v) is 6.76. The predicted molar refractivity (Wildman–Crippen MR) is 132 cm³/mol. The highest BCUT2D eigenvalue weighted by Crippen LogP contribution is 2.31. The van der Waals surface area contributed by atoms with Gasteiger partial charge in [-0.2, -0.15) is 0 Å². The van der Waals surface area contributed by atoms with Crippen molar-refractivity contribution in [3.8, 4) is 11.5 Å². The SMILES string of the molecule is CCNC(=NCC1(N2CCCCC2)CCN(C)CC1)NCC(C)Oc1cccc(OC)c1. The predicted octanol–water partition coefficient (Wildman–Crippen LogP) is 2.97. The molecule has 7 heteroatoms. The second kappa shape index (κ2) is 12.3. The number of ether oxygens (including phenoxy) is 2. The Balaban J connectivity index is 1.60. The van der Waals surface area contributed by atoms with E-state index in [-0.39, 0.29) is 11.6 Å². The van der Waals surface area contributed by atoms with Gasteiger partial charge in [-0.15, -0.1) is 0 Å². The monoisotopic (exact) mass is 445 g/mol. The standard InChI is InChI=1S/C25H43N5O2/c1-5-26-24(27-19-21(2)32-23-11-9-10-22(18-23)31-4)28-20-25(12-16-29(3)17-13-25)30-14-7-6-8-15-30/h9-11,18,21H,5-8,12-17,19-20H2,1-4H3,(H2,26,27,28). The highest BCUT2D eigenvalue weighted by atomic mass is 16.5. The first-order chi connectivity index (χ1) is 15.5. The number of likely N-dealkylation sites (tertiary alicyclic amines) is 2. The first-order valence-electron chi connectivity index (χ1n) is 12.3. The van der Waals surface area contributed by atoms with Crippen LogP contribution in [-0.4, -0.2) is 87.4 Å². The van der Waals surface area contributed by atoms with Crippen molar-refractivity contribution in [3.05, 3.63) is 24.3 Å². The van der Waals surface area contributed by atoms with Crippen LogP contribution >= 0.6 is 0 Å². The van der Waals surface area contributed by atoms with Gasteiger partial charge in [-0.05, 0) is 84.9 Å². The van der Waals surface area contributed by atoms with E-state index in [1.54, 1.807) is 7.11 Å². The maximum atomic E-state index is 6.07. The van der Waals surface area contributed by atoms with Crippen LogP contribution in [0.2, 0.25) is 0 Å². The van der Waals surface area contributed by atoms with Gasteiger partial charge in [0, 0.05) is 18.2 Å². The maximum Gasteiger partial charge on any atom is 0.191 e. The van der Waals surface area contributed by atoms with Crippen LogP contribution < -0.4 is 20.1 Å². The van der Waals surface area contributed by atoms with E-state index in [1.165, 1.54) is 45.2 Å². The quantitative estimate of drug-likeness (QED) is 0.450.